The monoisotopic (exact) mass is 335 g/mol. The van der Waals surface area contributed by atoms with Gasteiger partial charge in [-0.2, -0.15) is 0 Å². The number of rotatable bonds is 6. The van der Waals surface area contributed by atoms with Crippen LogP contribution in [-0.2, 0) is 4.74 Å². The molecule has 2 fully saturated rings. The summed E-state index contributed by atoms with van der Waals surface area (Å²) in [5.41, 5.74) is 0. The molecular weight excluding hydrogens is 310 g/mol. The van der Waals surface area contributed by atoms with Crippen molar-refractivity contribution in [1.82, 2.24) is 15.5 Å². The fourth-order valence-electron chi connectivity index (χ4n) is 3.79. The summed E-state index contributed by atoms with van der Waals surface area (Å²) >= 11 is 0. The first-order valence-electron chi connectivity index (χ1n) is 8.69. The summed E-state index contributed by atoms with van der Waals surface area (Å²) in [7, 11) is 0. The van der Waals surface area contributed by atoms with Crippen molar-refractivity contribution in [1.29, 1.82) is 0 Å². The molecule has 3 rings (SSSR count). The number of hydrogen-bond donors (Lipinski definition) is 2. The molecule has 2 unspecified atom stereocenters. The quantitative estimate of drug-likeness (QED) is 0.774. The van der Waals surface area contributed by atoms with Crippen LogP contribution in [0, 0.1) is 0 Å². The van der Waals surface area contributed by atoms with Crippen LogP contribution in [0.25, 0.3) is 0 Å². The second-order valence-electron chi connectivity index (χ2n) is 6.35. The number of nitrogens with one attached hydrogen (secondary N) is 2. The zero-order valence-corrected chi connectivity index (χ0v) is 14.0. The average molecular weight is 335 g/mol. The largest absolute Gasteiger partial charge is 0.459 e. The number of piperidine rings is 1. The third-order valence-electron chi connectivity index (χ3n) is 4.80. The van der Waals surface area contributed by atoms with Crippen LogP contribution in [0.5, 0.6) is 0 Å². The van der Waals surface area contributed by atoms with E-state index in [1.807, 2.05) is 11.8 Å². The molecule has 0 saturated carbocycles. The number of nitrogens with zero attached hydrogens (tertiary/aromatic N) is 1. The Hall–Kier alpha value is -2.02. The maximum atomic E-state index is 12.0. The van der Waals surface area contributed by atoms with Crippen LogP contribution in [0.15, 0.2) is 22.8 Å². The van der Waals surface area contributed by atoms with Gasteiger partial charge in [0, 0.05) is 31.2 Å². The summed E-state index contributed by atoms with van der Waals surface area (Å²) in [5.74, 6) is 0.134. The second-order valence-corrected chi connectivity index (χ2v) is 6.35. The number of fused-ring (bicyclic) bond motifs is 2. The molecule has 2 N–H and O–H groups in total. The highest BCUT2D eigenvalue weighted by Crippen LogP contribution is 2.36. The Morgan fingerprint density at radius 3 is 2.67 bits per heavy atom. The smallest absolute Gasteiger partial charge is 0.410 e. The van der Waals surface area contributed by atoms with E-state index in [4.69, 9.17) is 9.15 Å². The third-order valence-corrected chi connectivity index (χ3v) is 4.80. The summed E-state index contributed by atoms with van der Waals surface area (Å²) in [6, 6.07) is 4.27. The van der Waals surface area contributed by atoms with Gasteiger partial charge in [-0.05, 0) is 44.7 Å². The van der Waals surface area contributed by atoms with Crippen molar-refractivity contribution >= 4 is 12.0 Å². The van der Waals surface area contributed by atoms with E-state index in [9.17, 15) is 9.59 Å². The molecule has 0 aromatic carbocycles. The van der Waals surface area contributed by atoms with Crippen molar-refractivity contribution in [3.05, 3.63) is 24.2 Å². The van der Waals surface area contributed by atoms with Gasteiger partial charge in [-0.1, -0.05) is 0 Å². The number of furan rings is 1. The number of ether oxygens (including phenoxy) is 1. The first kappa shape index (κ1) is 16.8. The Bertz CT molecular complexity index is 546. The van der Waals surface area contributed by atoms with E-state index in [2.05, 4.69) is 10.6 Å². The molecule has 2 bridgehead atoms. The van der Waals surface area contributed by atoms with Crippen LogP contribution in [-0.4, -0.2) is 54.7 Å². The van der Waals surface area contributed by atoms with E-state index in [-0.39, 0.29) is 24.1 Å². The summed E-state index contributed by atoms with van der Waals surface area (Å²) in [4.78, 5) is 25.7. The number of amides is 2. The predicted octanol–water partition coefficient (Wildman–Crippen LogP) is 1.75. The van der Waals surface area contributed by atoms with Crippen molar-refractivity contribution in [2.75, 3.05) is 19.7 Å². The Kier molecular flexibility index (Phi) is 5.40. The van der Waals surface area contributed by atoms with Gasteiger partial charge in [-0.25, -0.2) is 4.79 Å². The third kappa shape index (κ3) is 3.72. The van der Waals surface area contributed by atoms with Crippen molar-refractivity contribution in [3.63, 3.8) is 0 Å². The Morgan fingerprint density at radius 1 is 1.29 bits per heavy atom. The maximum Gasteiger partial charge on any atom is 0.410 e. The van der Waals surface area contributed by atoms with Crippen LogP contribution < -0.4 is 10.6 Å². The van der Waals surface area contributed by atoms with Crippen LogP contribution in [0.3, 0.4) is 0 Å². The highest BCUT2D eigenvalue weighted by molar-refractivity contribution is 5.91. The minimum absolute atomic E-state index is 0.172. The van der Waals surface area contributed by atoms with Gasteiger partial charge in [0.1, 0.15) is 0 Å². The van der Waals surface area contributed by atoms with Gasteiger partial charge in [0.25, 0.3) is 5.91 Å². The minimum atomic E-state index is -0.195. The maximum absolute atomic E-state index is 12.0. The SMILES string of the molecule is CCOC(=O)N1C2CCC1CC(NCCNC(=O)c1ccco1)C2. The Labute approximate surface area is 141 Å². The molecular formula is C17H25N3O4. The van der Waals surface area contributed by atoms with E-state index in [1.165, 1.54) is 6.26 Å². The van der Waals surface area contributed by atoms with E-state index < -0.39 is 0 Å². The highest BCUT2D eigenvalue weighted by Gasteiger charge is 2.43. The van der Waals surface area contributed by atoms with E-state index in [0.717, 1.165) is 25.7 Å². The summed E-state index contributed by atoms with van der Waals surface area (Å²) < 4.78 is 10.2. The molecule has 2 amide bonds. The summed E-state index contributed by atoms with van der Waals surface area (Å²) in [6.45, 7) is 3.51. The lowest BCUT2D eigenvalue weighted by atomic mass is 9.98. The fourth-order valence-corrected chi connectivity index (χ4v) is 3.79. The highest BCUT2D eigenvalue weighted by atomic mass is 16.6. The average Bonchev–Trinajstić information content (AvgIpc) is 3.19. The summed E-state index contributed by atoms with van der Waals surface area (Å²) in [5, 5.41) is 6.32. The van der Waals surface area contributed by atoms with E-state index >= 15 is 0 Å². The standard InChI is InChI=1S/C17H25N3O4/c1-2-23-17(22)20-13-5-6-14(20)11-12(10-13)18-7-8-19-16(21)15-4-3-9-24-15/h3-4,9,12-14,18H,2,5-8,10-11H2,1H3,(H,19,21). The molecule has 7 heteroatoms. The topological polar surface area (TPSA) is 83.8 Å². The van der Waals surface area contributed by atoms with Crippen LogP contribution in [0.4, 0.5) is 4.79 Å². The lowest BCUT2D eigenvalue weighted by molar-refractivity contribution is 0.0659. The molecule has 1 aromatic rings. The summed E-state index contributed by atoms with van der Waals surface area (Å²) in [6.07, 6.45) is 5.31. The predicted molar refractivity (Wildman–Crippen MR) is 87.7 cm³/mol. The zero-order chi connectivity index (χ0) is 16.9. The van der Waals surface area contributed by atoms with Gasteiger partial charge in [0.2, 0.25) is 0 Å². The molecule has 0 radical (unpaired) electrons. The van der Waals surface area contributed by atoms with Crippen LogP contribution >= 0.6 is 0 Å². The first-order valence-corrected chi connectivity index (χ1v) is 8.69. The van der Waals surface area contributed by atoms with Gasteiger partial charge < -0.3 is 24.7 Å². The molecule has 1 aromatic heterocycles. The Morgan fingerprint density at radius 2 is 2.04 bits per heavy atom. The molecule has 7 nitrogen and oxygen atoms in total. The normalized spacial score (nSPS) is 25.5. The van der Waals surface area contributed by atoms with E-state index in [1.54, 1.807) is 12.1 Å². The number of hydrogen-bond acceptors (Lipinski definition) is 5. The molecule has 132 valence electrons. The molecule has 2 atom stereocenters. The molecule has 0 aliphatic carbocycles. The molecule has 3 heterocycles. The van der Waals surface area contributed by atoms with Gasteiger partial charge in [-0.3, -0.25) is 4.79 Å². The minimum Gasteiger partial charge on any atom is -0.459 e. The number of carbonyl (C=O) groups is 2. The lowest BCUT2D eigenvalue weighted by Crippen LogP contribution is -2.52. The Balaban J connectivity index is 1.39. The van der Waals surface area contributed by atoms with Gasteiger partial charge >= 0.3 is 6.09 Å². The van der Waals surface area contributed by atoms with Gasteiger partial charge in [0.05, 0.1) is 12.9 Å². The van der Waals surface area contributed by atoms with Gasteiger partial charge in [0.15, 0.2) is 5.76 Å². The van der Waals surface area contributed by atoms with Crippen molar-refractivity contribution in [3.8, 4) is 0 Å². The van der Waals surface area contributed by atoms with Crippen molar-refractivity contribution < 1.29 is 18.7 Å². The van der Waals surface area contributed by atoms with Crippen LogP contribution in [0.1, 0.15) is 43.2 Å². The van der Waals surface area contributed by atoms with Crippen molar-refractivity contribution in [2.45, 2.75) is 50.7 Å². The number of carbonyl (C=O) groups excluding carboxylic acids is 2. The fraction of sp³-hybridized carbons (Fsp3) is 0.647. The van der Waals surface area contributed by atoms with Crippen molar-refractivity contribution in [2.24, 2.45) is 0 Å². The molecule has 2 aliphatic heterocycles. The molecule has 0 spiro atoms. The van der Waals surface area contributed by atoms with Gasteiger partial charge in [-0.15, -0.1) is 0 Å². The molecule has 2 saturated heterocycles. The molecule has 24 heavy (non-hydrogen) atoms. The lowest BCUT2D eigenvalue weighted by Gasteiger charge is -2.38. The molecule has 2 aliphatic rings. The first-order chi connectivity index (χ1) is 11.7. The zero-order valence-electron chi connectivity index (χ0n) is 14.0. The second kappa shape index (κ2) is 7.70. The van der Waals surface area contributed by atoms with Crippen LogP contribution in [0.2, 0.25) is 0 Å². The van der Waals surface area contributed by atoms with E-state index in [0.29, 0.717) is 31.5 Å².